The van der Waals surface area contributed by atoms with E-state index in [1.54, 1.807) is 0 Å². The van der Waals surface area contributed by atoms with Gasteiger partial charge < -0.3 is 14.9 Å². The number of aliphatic hydroxyl groups is 1. The quantitative estimate of drug-likeness (QED) is 0.665. The molecule has 1 aromatic rings. The summed E-state index contributed by atoms with van der Waals surface area (Å²) in [4.78, 5) is 4.11. The molecule has 5 nitrogen and oxygen atoms in total. The van der Waals surface area contributed by atoms with E-state index in [-0.39, 0.29) is 0 Å². The molecule has 0 aliphatic carbocycles. The highest BCUT2D eigenvalue weighted by Gasteiger charge is 2.38. The van der Waals surface area contributed by atoms with Crippen LogP contribution >= 0.6 is 0 Å². The predicted molar refractivity (Wildman–Crippen MR) is 45.1 cm³/mol. The standard InChI is InChI=1S/C8H13N3O2/c1-2-6-10-7(13-11-6)8(12)3-4-9-5-8/h9,12H,2-5H2,1H3/t8-/m1/s1. The molecule has 1 saturated heterocycles. The summed E-state index contributed by atoms with van der Waals surface area (Å²) in [6.07, 6.45) is 1.37. The molecular weight excluding hydrogens is 170 g/mol. The van der Waals surface area contributed by atoms with Crippen molar-refractivity contribution in [1.82, 2.24) is 15.5 Å². The number of aromatic nitrogens is 2. The fourth-order valence-electron chi connectivity index (χ4n) is 1.45. The van der Waals surface area contributed by atoms with Crippen molar-refractivity contribution < 1.29 is 9.63 Å². The summed E-state index contributed by atoms with van der Waals surface area (Å²) >= 11 is 0. The van der Waals surface area contributed by atoms with Crippen molar-refractivity contribution >= 4 is 0 Å². The third kappa shape index (κ3) is 1.45. The maximum absolute atomic E-state index is 10.0. The van der Waals surface area contributed by atoms with Gasteiger partial charge in [-0.15, -0.1) is 0 Å². The van der Waals surface area contributed by atoms with Crippen LogP contribution in [0.4, 0.5) is 0 Å². The van der Waals surface area contributed by atoms with Gasteiger partial charge in [0.05, 0.1) is 0 Å². The zero-order chi connectivity index (χ0) is 9.31. The van der Waals surface area contributed by atoms with Crippen LogP contribution in [0.1, 0.15) is 25.1 Å². The van der Waals surface area contributed by atoms with Gasteiger partial charge in [0.1, 0.15) is 0 Å². The van der Waals surface area contributed by atoms with Crippen LogP contribution in [0.2, 0.25) is 0 Å². The normalized spacial score (nSPS) is 28.2. The van der Waals surface area contributed by atoms with E-state index in [9.17, 15) is 5.11 Å². The maximum atomic E-state index is 10.0. The van der Waals surface area contributed by atoms with E-state index in [1.807, 2.05) is 6.92 Å². The van der Waals surface area contributed by atoms with Gasteiger partial charge in [-0.3, -0.25) is 0 Å². The smallest absolute Gasteiger partial charge is 0.259 e. The van der Waals surface area contributed by atoms with Crippen molar-refractivity contribution in [1.29, 1.82) is 0 Å². The van der Waals surface area contributed by atoms with Crippen LogP contribution in [0.25, 0.3) is 0 Å². The molecule has 1 fully saturated rings. The first-order chi connectivity index (χ1) is 6.24. The summed E-state index contributed by atoms with van der Waals surface area (Å²) in [5.41, 5.74) is -0.944. The molecule has 0 aromatic carbocycles. The molecule has 0 radical (unpaired) electrons. The number of aryl methyl sites for hydroxylation is 1. The van der Waals surface area contributed by atoms with Crippen molar-refractivity contribution in [2.75, 3.05) is 13.1 Å². The average Bonchev–Trinajstić information content (AvgIpc) is 2.72. The average molecular weight is 183 g/mol. The predicted octanol–water partition coefficient (Wildman–Crippen LogP) is -0.187. The monoisotopic (exact) mass is 183 g/mol. The molecule has 2 N–H and O–H groups in total. The number of hydrogen-bond donors (Lipinski definition) is 2. The Morgan fingerprint density at radius 3 is 3.08 bits per heavy atom. The molecule has 13 heavy (non-hydrogen) atoms. The number of β-amino-alcohol motifs (C(OH)–C–C–N with tert-alkyl or cyclic N) is 1. The number of nitrogens with one attached hydrogen (secondary N) is 1. The Balaban J connectivity index is 2.23. The third-order valence-electron chi connectivity index (χ3n) is 2.32. The van der Waals surface area contributed by atoms with Crippen LogP contribution in [0.15, 0.2) is 4.52 Å². The van der Waals surface area contributed by atoms with Gasteiger partial charge in [-0.25, -0.2) is 0 Å². The van der Waals surface area contributed by atoms with Crippen LogP contribution in [0, 0.1) is 0 Å². The second-order valence-electron chi connectivity index (χ2n) is 3.33. The third-order valence-corrected chi connectivity index (χ3v) is 2.32. The molecule has 0 unspecified atom stereocenters. The van der Waals surface area contributed by atoms with Crippen molar-refractivity contribution in [3.05, 3.63) is 11.7 Å². The molecule has 2 rings (SSSR count). The van der Waals surface area contributed by atoms with Crippen LogP contribution in [0.3, 0.4) is 0 Å². The summed E-state index contributed by atoms with van der Waals surface area (Å²) in [7, 11) is 0. The van der Waals surface area contributed by atoms with Gasteiger partial charge in [0.15, 0.2) is 11.4 Å². The van der Waals surface area contributed by atoms with Gasteiger partial charge in [-0.1, -0.05) is 12.1 Å². The van der Waals surface area contributed by atoms with E-state index in [2.05, 4.69) is 15.5 Å². The van der Waals surface area contributed by atoms with Crippen molar-refractivity contribution in [3.8, 4) is 0 Å². The summed E-state index contributed by atoms with van der Waals surface area (Å²) < 4.78 is 4.99. The minimum absolute atomic E-state index is 0.342. The maximum Gasteiger partial charge on any atom is 0.259 e. The Bertz CT molecular complexity index is 291. The van der Waals surface area contributed by atoms with Gasteiger partial charge in [-0.05, 0) is 13.0 Å². The minimum Gasteiger partial charge on any atom is -0.379 e. The highest BCUT2D eigenvalue weighted by molar-refractivity contribution is 5.03. The molecular formula is C8H13N3O2. The minimum atomic E-state index is -0.944. The Kier molecular flexibility index (Phi) is 2.05. The largest absolute Gasteiger partial charge is 0.379 e. The Morgan fingerprint density at radius 2 is 2.54 bits per heavy atom. The molecule has 0 spiro atoms. The molecule has 0 saturated carbocycles. The fraction of sp³-hybridized carbons (Fsp3) is 0.750. The van der Waals surface area contributed by atoms with Crippen LogP contribution < -0.4 is 5.32 Å². The zero-order valence-corrected chi connectivity index (χ0v) is 7.58. The first kappa shape index (κ1) is 8.65. The van der Waals surface area contributed by atoms with Gasteiger partial charge in [0.2, 0.25) is 0 Å². The lowest BCUT2D eigenvalue weighted by molar-refractivity contribution is 0.0243. The second-order valence-corrected chi connectivity index (χ2v) is 3.33. The van der Waals surface area contributed by atoms with Crippen LogP contribution in [0.5, 0.6) is 0 Å². The SMILES string of the molecule is CCc1noc([C@@]2(O)CCNC2)n1. The Hall–Kier alpha value is -0.940. The summed E-state index contributed by atoms with van der Waals surface area (Å²) in [6.45, 7) is 3.24. The molecule has 1 atom stereocenters. The molecule has 0 bridgehead atoms. The lowest BCUT2D eigenvalue weighted by Gasteiger charge is -2.14. The van der Waals surface area contributed by atoms with Crippen LogP contribution in [-0.4, -0.2) is 28.3 Å². The molecule has 1 aliphatic heterocycles. The second kappa shape index (κ2) is 3.08. The molecule has 1 aromatic heterocycles. The molecule has 1 aliphatic rings. The summed E-state index contributed by atoms with van der Waals surface area (Å²) in [5.74, 6) is 0.990. The molecule has 72 valence electrons. The molecule has 5 heteroatoms. The molecule has 2 heterocycles. The number of rotatable bonds is 2. The van der Waals surface area contributed by atoms with Crippen molar-refractivity contribution in [2.24, 2.45) is 0 Å². The lowest BCUT2D eigenvalue weighted by atomic mass is 10.0. The van der Waals surface area contributed by atoms with Crippen molar-refractivity contribution in [3.63, 3.8) is 0 Å². The first-order valence-electron chi connectivity index (χ1n) is 4.51. The number of nitrogens with zero attached hydrogens (tertiary/aromatic N) is 2. The van der Waals surface area contributed by atoms with E-state index in [0.717, 1.165) is 13.0 Å². The van der Waals surface area contributed by atoms with E-state index >= 15 is 0 Å². The molecule has 0 amide bonds. The lowest BCUT2D eigenvalue weighted by Crippen LogP contribution is -2.28. The van der Waals surface area contributed by atoms with Gasteiger partial charge >= 0.3 is 0 Å². The van der Waals surface area contributed by atoms with Crippen molar-refractivity contribution in [2.45, 2.75) is 25.4 Å². The van der Waals surface area contributed by atoms with Gasteiger partial charge in [-0.2, -0.15) is 4.98 Å². The van der Waals surface area contributed by atoms with E-state index in [1.165, 1.54) is 0 Å². The highest BCUT2D eigenvalue weighted by Crippen LogP contribution is 2.25. The van der Waals surface area contributed by atoms with E-state index in [4.69, 9.17) is 4.52 Å². The Morgan fingerprint density at radius 1 is 1.69 bits per heavy atom. The highest BCUT2D eigenvalue weighted by atomic mass is 16.5. The van der Waals surface area contributed by atoms with Gasteiger partial charge in [0.25, 0.3) is 5.89 Å². The van der Waals surface area contributed by atoms with Crippen LogP contribution in [-0.2, 0) is 12.0 Å². The van der Waals surface area contributed by atoms with E-state index < -0.39 is 5.60 Å². The fourth-order valence-corrected chi connectivity index (χ4v) is 1.45. The summed E-state index contributed by atoms with van der Waals surface area (Å²) in [6, 6.07) is 0. The zero-order valence-electron chi connectivity index (χ0n) is 7.58. The van der Waals surface area contributed by atoms with Gasteiger partial charge in [0, 0.05) is 13.0 Å². The van der Waals surface area contributed by atoms with E-state index in [0.29, 0.717) is 24.7 Å². The number of hydrogen-bond acceptors (Lipinski definition) is 5. The Labute approximate surface area is 76.1 Å². The topological polar surface area (TPSA) is 71.2 Å². The first-order valence-corrected chi connectivity index (χ1v) is 4.51. The summed E-state index contributed by atoms with van der Waals surface area (Å²) in [5, 5.41) is 16.8.